The van der Waals surface area contributed by atoms with E-state index in [4.69, 9.17) is 4.98 Å². The van der Waals surface area contributed by atoms with Gasteiger partial charge in [0.1, 0.15) is 11.6 Å². The number of hydrogen-bond acceptors (Lipinski definition) is 5. The highest BCUT2D eigenvalue weighted by Crippen LogP contribution is 2.40. The summed E-state index contributed by atoms with van der Waals surface area (Å²) in [5.74, 6) is -0.511. The molecule has 5 aromatic rings. The molecule has 8 heteroatoms. The van der Waals surface area contributed by atoms with Gasteiger partial charge in [-0.05, 0) is 29.3 Å². The number of rotatable bonds is 14. The van der Waals surface area contributed by atoms with Crippen LogP contribution in [0.1, 0.15) is 27.9 Å². The van der Waals surface area contributed by atoms with Gasteiger partial charge in [0.15, 0.2) is 0 Å². The van der Waals surface area contributed by atoms with Crippen LogP contribution in [-0.4, -0.2) is 59.6 Å². The zero-order valence-electron chi connectivity index (χ0n) is 25.8. The van der Waals surface area contributed by atoms with Crippen LogP contribution in [0.15, 0.2) is 134 Å². The van der Waals surface area contributed by atoms with Crippen LogP contribution < -0.4 is 16.0 Å². The van der Waals surface area contributed by atoms with Crippen molar-refractivity contribution in [3.05, 3.63) is 162 Å². The first-order chi connectivity index (χ1) is 22.0. The summed E-state index contributed by atoms with van der Waals surface area (Å²) in [4.78, 5) is 33.1. The second-order valence-corrected chi connectivity index (χ2v) is 11.0. The van der Waals surface area contributed by atoms with Crippen LogP contribution in [0.2, 0.25) is 0 Å². The third-order valence-electron chi connectivity index (χ3n) is 7.91. The molecule has 230 valence electrons. The predicted octanol–water partition coefficient (Wildman–Crippen LogP) is 4.18. The van der Waals surface area contributed by atoms with E-state index >= 15 is 0 Å². The van der Waals surface area contributed by atoms with Crippen molar-refractivity contribution in [1.82, 2.24) is 30.4 Å². The highest BCUT2D eigenvalue weighted by molar-refractivity contribution is 5.88. The van der Waals surface area contributed by atoms with Crippen LogP contribution in [-0.2, 0) is 28.1 Å². The molecule has 0 saturated heterocycles. The maximum Gasteiger partial charge on any atom is 0.242 e. The molecule has 0 aliphatic carbocycles. The van der Waals surface area contributed by atoms with Gasteiger partial charge in [-0.3, -0.25) is 14.5 Å². The van der Waals surface area contributed by atoms with E-state index in [0.29, 0.717) is 18.9 Å². The Hall–Kier alpha value is -5.05. The lowest BCUT2D eigenvalue weighted by atomic mass is 9.77. The molecule has 45 heavy (non-hydrogen) atoms. The number of benzene rings is 4. The average Bonchev–Trinajstić information content (AvgIpc) is 3.55. The van der Waals surface area contributed by atoms with Crippen molar-refractivity contribution < 1.29 is 9.59 Å². The van der Waals surface area contributed by atoms with Crippen LogP contribution in [0, 0.1) is 0 Å². The van der Waals surface area contributed by atoms with Gasteiger partial charge in [0.05, 0.1) is 18.6 Å². The number of amides is 2. The molecule has 4 aromatic carbocycles. The second-order valence-electron chi connectivity index (χ2n) is 11.0. The number of aromatic nitrogens is 2. The summed E-state index contributed by atoms with van der Waals surface area (Å²) < 4.78 is 2.11. The standard InChI is InChI=1S/C37H40N6O2/c1-38-27-42(24-29-15-7-3-8-16-29)26-35(44)41-34(36(45)39-2)23-33-25-43(28-40-33)37(30-17-9-4-10-18-30,31-19-11-5-12-20-31)32-21-13-6-14-22-32/h3-22,25,28,34,38H,23-24,26-27H2,1-2H3,(H,39,45)(H,41,44). The highest BCUT2D eigenvalue weighted by atomic mass is 16.2. The third-order valence-corrected chi connectivity index (χ3v) is 7.91. The quantitative estimate of drug-likeness (QED) is 0.132. The van der Waals surface area contributed by atoms with Gasteiger partial charge >= 0.3 is 0 Å². The number of nitrogens with one attached hydrogen (secondary N) is 3. The minimum absolute atomic E-state index is 0.136. The van der Waals surface area contributed by atoms with Gasteiger partial charge in [-0.2, -0.15) is 0 Å². The third kappa shape index (κ3) is 7.37. The number of likely N-dealkylation sites (N-methyl/N-ethyl adjacent to an activating group) is 1. The largest absolute Gasteiger partial charge is 0.357 e. The van der Waals surface area contributed by atoms with E-state index in [9.17, 15) is 9.59 Å². The van der Waals surface area contributed by atoms with Gasteiger partial charge in [0.2, 0.25) is 11.8 Å². The number of imidazole rings is 1. The molecule has 0 radical (unpaired) electrons. The molecule has 0 aliphatic rings. The molecule has 0 fully saturated rings. The van der Waals surface area contributed by atoms with Crippen molar-refractivity contribution in [3.8, 4) is 0 Å². The van der Waals surface area contributed by atoms with Crippen molar-refractivity contribution in [2.75, 3.05) is 27.3 Å². The number of nitrogens with zero attached hydrogens (tertiary/aromatic N) is 3. The van der Waals surface area contributed by atoms with E-state index in [1.54, 1.807) is 7.05 Å². The van der Waals surface area contributed by atoms with Crippen molar-refractivity contribution in [2.45, 2.75) is 24.5 Å². The van der Waals surface area contributed by atoms with Crippen LogP contribution in [0.3, 0.4) is 0 Å². The maximum atomic E-state index is 13.3. The first-order valence-corrected chi connectivity index (χ1v) is 15.2. The molecule has 0 bridgehead atoms. The molecule has 1 heterocycles. The SMILES string of the molecule is CNCN(CC(=O)NC(Cc1cn(C(c2ccccc2)(c2ccccc2)c2ccccc2)cn1)C(=O)NC)Cc1ccccc1. The summed E-state index contributed by atoms with van der Waals surface area (Å²) in [6.45, 7) is 1.26. The molecular formula is C37H40N6O2. The normalized spacial score (nSPS) is 12.1. The number of carbonyl (C=O) groups excluding carboxylic acids is 2. The zero-order chi connectivity index (χ0) is 31.5. The minimum Gasteiger partial charge on any atom is -0.357 e. The minimum atomic E-state index is -0.793. The monoisotopic (exact) mass is 600 g/mol. The molecule has 8 nitrogen and oxygen atoms in total. The Balaban J connectivity index is 1.44. The van der Waals surface area contributed by atoms with Crippen LogP contribution >= 0.6 is 0 Å². The van der Waals surface area contributed by atoms with E-state index in [1.165, 1.54) is 0 Å². The maximum absolute atomic E-state index is 13.3. The Labute approximate surface area is 265 Å². The van der Waals surface area contributed by atoms with E-state index in [0.717, 1.165) is 22.3 Å². The smallest absolute Gasteiger partial charge is 0.242 e. The molecule has 0 aliphatic heterocycles. The van der Waals surface area contributed by atoms with Gasteiger partial charge in [0.25, 0.3) is 0 Å². The topological polar surface area (TPSA) is 91.3 Å². The molecule has 0 spiro atoms. The lowest BCUT2D eigenvalue weighted by molar-refractivity contribution is -0.129. The van der Waals surface area contributed by atoms with Crippen LogP contribution in [0.5, 0.6) is 0 Å². The fourth-order valence-corrected chi connectivity index (χ4v) is 5.91. The Kier molecular flexibility index (Phi) is 10.5. The molecule has 0 saturated carbocycles. The molecule has 3 N–H and O–H groups in total. The summed E-state index contributed by atoms with van der Waals surface area (Å²) in [5, 5.41) is 8.81. The molecular weight excluding hydrogens is 560 g/mol. The molecule has 2 amide bonds. The summed E-state index contributed by atoms with van der Waals surface area (Å²) in [6.07, 6.45) is 4.04. The Morgan fingerprint density at radius 2 is 1.29 bits per heavy atom. The number of hydrogen-bond donors (Lipinski definition) is 3. The van der Waals surface area contributed by atoms with Gasteiger partial charge in [0, 0.05) is 32.9 Å². The fourth-order valence-electron chi connectivity index (χ4n) is 5.91. The molecule has 1 atom stereocenters. The van der Waals surface area contributed by atoms with E-state index in [1.807, 2.05) is 109 Å². The van der Waals surface area contributed by atoms with Crippen molar-refractivity contribution in [3.63, 3.8) is 0 Å². The van der Waals surface area contributed by atoms with E-state index in [2.05, 4.69) is 56.9 Å². The fraction of sp³-hybridized carbons (Fsp3) is 0.216. The highest BCUT2D eigenvalue weighted by Gasteiger charge is 2.38. The van der Waals surface area contributed by atoms with Crippen molar-refractivity contribution in [1.29, 1.82) is 0 Å². The average molecular weight is 601 g/mol. The number of carbonyl (C=O) groups is 2. The summed E-state index contributed by atoms with van der Waals surface area (Å²) in [7, 11) is 3.42. The summed E-state index contributed by atoms with van der Waals surface area (Å²) >= 11 is 0. The second kappa shape index (κ2) is 15.1. The van der Waals surface area contributed by atoms with Gasteiger partial charge in [-0.15, -0.1) is 0 Å². The Bertz CT molecular complexity index is 1550. The lowest BCUT2D eigenvalue weighted by Gasteiger charge is -2.37. The van der Waals surface area contributed by atoms with Crippen LogP contribution in [0.25, 0.3) is 0 Å². The van der Waals surface area contributed by atoms with Crippen molar-refractivity contribution >= 4 is 11.8 Å². The zero-order valence-corrected chi connectivity index (χ0v) is 25.8. The van der Waals surface area contributed by atoms with Crippen molar-refractivity contribution in [2.24, 2.45) is 0 Å². The molecule has 5 rings (SSSR count). The summed E-state index contributed by atoms with van der Waals surface area (Å²) in [5.41, 5.74) is 4.30. The Morgan fingerprint density at radius 1 is 0.778 bits per heavy atom. The first kappa shape index (κ1) is 31.4. The first-order valence-electron chi connectivity index (χ1n) is 15.2. The van der Waals surface area contributed by atoms with Gasteiger partial charge in [-0.1, -0.05) is 121 Å². The predicted molar refractivity (Wildman–Crippen MR) is 177 cm³/mol. The van der Waals surface area contributed by atoms with E-state index in [-0.39, 0.29) is 24.8 Å². The molecule has 1 aromatic heterocycles. The summed E-state index contributed by atoms with van der Waals surface area (Å²) in [6, 6.07) is 40.2. The van der Waals surface area contributed by atoms with Gasteiger partial charge < -0.3 is 20.5 Å². The lowest BCUT2D eigenvalue weighted by Crippen LogP contribution is -2.50. The van der Waals surface area contributed by atoms with Crippen LogP contribution in [0.4, 0.5) is 0 Å². The Morgan fingerprint density at radius 3 is 1.78 bits per heavy atom. The van der Waals surface area contributed by atoms with Gasteiger partial charge in [-0.25, -0.2) is 4.98 Å². The van der Waals surface area contributed by atoms with E-state index < -0.39 is 11.6 Å². The molecule has 1 unspecified atom stereocenters.